The maximum Gasteiger partial charge on any atom is 0.416 e. The molecule has 0 fully saturated rings. The molecule has 0 spiro atoms. The summed E-state index contributed by atoms with van der Waals surface area (Å²) in [4.78, 5) is 29.1. The van der Waals surface area contributed by atoms with Crippen LogP contribution < -0.4 is 20.7 Å². The maximum absolute atomic E-state index is 13.3. The third-order valence-corrected chi connectivity index (χ3v) is 5.81. The molecule has 0 saturated heterocycles. The van der Waals surface area contributed by atoms with Crippen molar-refractivity contribution in [2.45, 2.75) is 25.8 Å². The summed E-state index contributed by atoms with van der Waals surface area (Å²) in [6, 6.07) is 6.54. The minimum Gasteiger partial charge on any atom is -0.488 e. The van der Waals surface area contributed by atoms with E-state index >= 15 is 0 Å². The second kappa shape index (κ2) is 8.77. The lowest BCUT2D eigenvalue weighted by Gasteiger charge is -2.31. The first kappa shape index (κ1) is 23.0. The number of nitrogens with two attached hydrogens (primary N) is 1. The highest BCUT2D eigenvalue weighted by Gasteiger charge is 2.34. The van der Waals surface area contributed by atoms with E-state index < -0.39 is 11.7 Å². The largest absolute Gasteiger partial charge is 0.488 e. The number of rotatable bonds is 3. The van der Waals surface area contributed by atoms with Crippen molar-refractivity contribution in [2.24, 2.45) is 0 Å². The van der Waals surface area contributed by atoms with Gasteiger partial charge >= 0.3 is 12.2 Å². The first-order valence-corrected chi connectivity index (χ1v) is 11.0. The van der Waals surface area contributed by atoms with Crippen LogP contribution in [0.1, 0.15) is 22.4 Å². The van der Waals surface area contributed by atoms with Crippen LogP contribution in [-0.2, 0) is 25.8 Å². The Kier molecular flexibility index (Phi) is 5.75. The second-order valence-corrected chi connectivity index (χ2v) is 8.38. The monoisotopic (exact) mass is 505 g/mol. The molecule has 0 radical (unpaired) electrons. The van der Waals surface area contributed by atoms with Crippen molar-refractivity contribution >= 4 is 35.0 Å². The van der Waals surface area contributed by atoms with Crippen LogP contribution in [0.3, 0.4) is 0 Å². The van der Waals surface area contributed by atoms with E-state index in [-0.39, 0.29) is 36.6 Å². The number of amides is 2. The van der Waals surface area contributed by atoms with E-state index in [0.29, 0.717) is 47.4 Å². The summed E-state index contributed by atoms with van der Waals surface area (Å²) in [6.07, 6.45) is -2.93. The van der Waals surface area contributed by atoms with Crippen LogP contribution in [-0.4, -0.2) is 39.0 Å². The number of benzene rings is 1. The van der Waals surface area contributed by atoms with E-state index in [1.807, 2.05) is 0 Å². The SMILES string of the molecule is Nc1cc(CNc2nc(Cl)nc3c2CN(C(=O)N2CCOc4cccnc42)C3)cc(C(F)(F)F)c1. The van der Waals surface area contributed by atoms with Gasteiger partial charge in [-0.05, 0) is 47.5 Å². The van der Waals surface area contributed by atoms with Crippen molar-refractivity contribution in [2.75, 3.05) is 29.1 Å². The average molecular weight is 506 g/mol. The number of nitrogen functional groups attached to an aromatic ring is 1. The highest BCUT2D eigenvalue weighted by Crippen LogP contribution is 2.34. The summed E-state index contributed by atoms with van der Waals surface area (Å²) >= 11 is 6.09. The van der Waals surface area contributed by atoms with Crippen LogP contribution in [0.15, 0.2) is 36.5 Å². The molecule has 2 aromatic heterocycles. The molecule has 0 saturated carbocycles. The minimum absolute atomic E-state index is 0.00116. The zero-order valence-electron chi connectivity index (χ0n) is 18.1. The molecule has 182 valence electrons. The molecule has 3 aromatic rings. The molecule has 3 N–H and O–H groups in total. The quantitative estimate of drug-likeness (QED) is 0.408. The maximum atomic E-state index is 13.3. The first-order chi connectivity index (χ1) is 16.7. The third-order valence-electron chi connectivity index (χ3n) is 5.64. The lowest BCUT2D eigenvalue weighted by Crippen LogP contribution is -2.45. The van der Waals surface area contributed by atoms with Crippen molar-refractivity contribution in [3.05, 3.63) is 64.2 Å². The van der Waals surface area contributed by atoms with Crippen molar-refractivity contribution in [1.82, 2.24) is 19.9 Å². The topological polar surface area (TPSA) is 109 Å². The fourth-order valence-electron chi connectivity index (χ4n) is 4.08. The number of fused-ring (bicyclic) bond motifs is 2. The van der Waals surface area contributed by atoms with Crippen LogP contribution in [0, 0.1) is 0 Å². The summed E-state index contributed by atoms with van der Waals surface area (Å²) in [5.41, 5.74) is 6.33. The average Bonchev–Trinajstić information content (AvgIpc) is 3.25. The molecule has 9 nitrogen and oxygen atoms in total. The Labute approximate surface area is 202 Å². The number of hydrogen-bond donors (Lipinski definition) is 2. The van der Waals surface area contributed by atoms with E-state index in [9.17, 15) is 18.0 Å². The molecule has 2 aliphatic rings. The predicted molar refractivity (Wildman–Crippen MR) is 122 cm³/mol. The number of nitrogens with one attached hydrogen (secondary N) is 1. The highest BCUT2D eigenvalue weighted by molar-refractivity contribution is 6.28. The van der Waals surface area contributed by atoms with Gasteiger partial charge in [-0.2, -0.15) is 13.2 Å². The Balaban J connectivity index is 1.35. The van der Waals surface area contributed by atoms with Crippen LogP contribution in [0.2, 0.25) is 5.28 Å². The number of hydrogen-bond acceptors (Lipinski definition) is 7. The number of alkyl halides is 3. The first-order valence-electron chi connectivity index (χ1n) is 10.6. The molecule has 2 aliphatic heterocycles. The smallest absolute Gasteiger partial charge is 0.416 e. The zero-order chi connectivity index (χ0) is 24.7. The minimum atomic E-state index is -4.52. The lowest BCUT2D eigenvalue weighted by atomic mass is 10.1. The number of carbonyl (C=O) groups is 1. The van der Waals surface area contributed by atoms with Crippen LogP contribution in [0.4, 0.5) is 35.3 Å². The molecule has 13 heteroatoms. The van der Waals surface area contributed by atoms with Crippen LogP contribution in [0.25, 0.3) is 0 Å². The zero-order valence-corrected chi connectivity index (χ0v) is 18.9. The fourth-order valence-corrected chi connectivity index (χ4v) is 4.27. The van der Waals surface area contributed by atoms with Crippen molar-refractivity contribution in [1.29, 1.82) is 0 Å². The molecular weight excluding hydrogens is 487 g/mol. The number of halogens is 4. The molecule has 35 heavy (non-hydrogen) atoms. The van der Waals surface area contributed by atoms with E-state index in [4.69, 9.17) is 22.1 Å². The van der Waals surface area contributed by atoms with E-state index in [2.05, 4.69) is 20.3 Å². The number of urea groups is 1. The summed E-state index contributed by atoms with van der Waals surface area (Å²) in [5.74, 6) is 1.30. The number of aromatic nitrogens is 3. The number of pyridine rings is 1. The summed E-state index contributed by atoms with van der Waals surface area (Å²) < 4.78 is 45.0. The van der Waals surface area contributed by atoms with Gasteiger partial charge < -0.3 is 20.7 Å². The number of nitrogens with zero attached hydrogens (tertiary/aromatic N) is 5. The van der Waals surface area contributed by atoms with Gasteiger partial charge in [0.2, 0.25) is 5.28 Å². The molecular formula is C22H19ClF3N7O2. The summed E-state index contributed by atoms with van der Waals surface area (Å²) in [6.45, 7) is 1.08. The van der Waals surface area contributed by atoms with Gasteiger partial charge in [0, 0.05) is 24.0 Å². The third kappa shape index (κ3) is 4.61. The van der Waals surface area contributed by atoms with Gasteiger partial charge in [-0.3, -0.25) is 4.90 Å². The van der Waals surface area contributed by atoms with Crippen LogP contribution >= 0.6 is 11.6 Å². The predicted octanol–water partition coefficient (Wildman–Crippen LogP) is 4.07. The number of anilines is 3. The van der Waals surface area contributed by atoms with E-state index in [1.165, 1.54) is 11.0 Å². The Bertz CT molecular complexity index is 1300. The van der Waals surface area contributed by atoms with E-state index in [1.54, 1.807) is 23.2 Å². The molecule has 0 atom stereocenters. The Hall–Kier alpha value is -3.80. The molecule has 1 aromatic carbocycles. The molecule has 2 amide bonds. The van der Waals surface area contributed by atoms with Crippen LogP contribution in [0.5, 0.6) is 5.75 Å². The van der Waals surface area contributed by atoms with Gasteiger partial charge in [-0.15, -0.1) is 0 Å². The van der Waals surface area contributed by atoms with Gasteiger partial charge in [0.1, 0.15) is 12.4 Å². The van der Waals surface area contributed by atoms with Crippen molar-refractivity contribution in [3.63, 3.8) is 0 Å². The Morgan fingerprint density at radius 3 is 2.86 bits per heavy atom. The Morgan fingerprint density at radius 2 is 2.06 bits per heavy atom. The second-order valence-electron chi connectivity index (χ2n) is 8.04. The normalized spacial score (nSPS) is 14.9. The lowest BCUT2D eigenvalue weighted by molar-refractivity contribution is -0.137. The molecule has 0 unspecified atom stereocenters. The summed E-state index contributed by atoms with van der Waals surface area (Å²) in [5, 5.41) is 2.98. The van der Waals surface area contributed by atoms with Gasteiger partial charge in [-0.1, -0.05) is 0 Å². The fraction of sp³-hybridized carbons (Fsp3) is 0.273. The summed E-state index contributed by atoms with van der Waals surface area (Å²) in [7, 11) is 0. The Morgan fingerprint density at radius 1 is 1.23 bits per heavy atom. The molecule has 4 heterocycles. The highest BCUT2D eigenvalue weighted by atomic mass is 35.5. The van der Waals surface area contributed by atoms with Gasteiger partial charge in [-0.25, -0.2) is 19.7 Å². The van der Waals surface area contributed by atoms with Gasteiger partial charge in [0.15, 0.2) is 11.6 Å². The van der Waals surface area contributed by atoms with Crippen molar-refractivity contribution in [3.8, 4) is 5.75 Å². The number of ether oxygens (including phenoxy) is 1. The standard InChI is InChI=1S/C22H19ClF3N7O2/c23-20-30-16-11-32(21(34)33-4-5-35-17-2-1-3-28-19(17)33)10-15(16)18(31-20)29-9-12-6-13(22(24,25)26)8-14(27)7-12/h1-3,6-8H,4-5,9-11,27H2,(H,29,30,31). The van der Waals surface area contributed by atoms with Gasteiger partial charge in [0.05, 0.1) is 30.9 Å². The molecule has 5 rings (SSSR count). The number of carbonyl (C=O) groups excluding carboxylic acids is 1. The van der Waals surface area contributed by atoms with E-state index in [0.717, 1.165) is 12.1 Å². The van der Waals surface area contributed by atoms with Crippen molar-refractivity contribution < 1.29 is 22.7 Å². The van der Waals surface area contributed by atoms with Gasteiger partial charge in [0.25, 0.3) is 0 Å². The molecule has 0 bridgehead atoms. The molecule has 0 aliphatic carbocycles.